The minimum Gasteiger partial charge on any atom is -0.404 e. The molecule has 2 atom stereocenters. The number of hydrogen-bond acceptors (Lipinski definition) is 5. The van der Waals surface area contributed by atoms with Crippen LogP contribution in [0.1, 0.15) is 52.2 Å². The van der Waals surface area contributed by atoms with E-state index in [-0.39, 0.29) is 28.6 Å². The summed E-state index contributed by atoms with van der Waals surface area (Å²) in [5.41, 5.74) is 1.19. The Labute approximate surface area is 235 Å². The molecule has 8 nitrogen and oxygen atoms in total. The molecule has 4 aromatic rings. The highest BCUT2D eigenvalue weighted by Crippen LogP contribution is 2.38. The lowest BCUT2D eigenvalue weighted by atomic mass is 10.1. The highest BCUT2D eigenvalue weighted by Gasteiger charge is 2.50. The topological polar surface area (TPSA) is 109 Å². The van der Waals surface area contributed by atoms with Crippen molar-refractivity contribution < 1.29 is 14.0 Å². The Hall–Kier alpha value is -3.79. The first kappa shape index (κ1) is 27.8. The molecule has 1 amide bonds. The molecule has 0 unspecified atom stereocenters. The number of benzene rings is 2. The number of nitrogens with zero attached hydrogens (tertiary/aromatic N) is 1. The van der Waals surface area contributed by atoms with E-state index < -0.39 is 14.4 Å². The fourth-order valence-electron chi connectivity index (χ4n) is 5.48. The number of anilines is 1. The number of carbonyl (C=O) groups excluding carboxylic acids is 1. The van der Waals surface area contributed by atoms with Gasteiger partial charge >= 0.3 is 0 Å². The van der Waals surface area contributed by atoms with Gasteiger partial charge in [0.05, 0.1) is 12.7 Å². The quantitative estimate of drug-likeness (QED) is 0.207. The Morgan fingerprint density at radius 1 is 1.05 bits per heavy atom. The van der Waals surface area contributed by atoms with Crippen LogP contribution in [0.15, 0.2) is 83.8 Å². The Morgan fingerprint density at radius 3 is 2.30 bits per heavy atom. The maximum atomic E-state index is 12.7. The zero-order valence-corrected chi connectivity index (χ0v) is 24.4. The van der Waals surface area contributed by atoms with Crippen LogP contribution >= 0.6 is 0 Å². The molecule has 0 saturated heterocycles. The van der Waals surface area contributed by atoms with E-state index in [0.29, 0.717) is 30.5 Å². The Balaban J connectivity index is 1.40. The van der Waals surface area contributed by atoms with Gasteiger partial charge in [-0.15, -0.1) is 0 Å². The van der Waals surface area contributed by atoms with Gasteiger partial charge in [0.25, 0.3) is 13.9 Å². The number of aromatic amines is 2. The monoisotopic (exact) mass is 556 g/mol. The SMILES string of the molecule is CCCC(=O)Nc1nc2c([C@H]3C=C[C@@H](CO[Si](c4ccccc4)(c4ccccc4)C(C)(C)C)O3)c[nH]c2c(=O)[nH]1. The minimum atomic E-state index is -2.70. The lowest BCUT2D eigenvalue weighted by Crippen LogP contribution is -2.67. The molecule has 0 bridgehead atoms. The Morgan fingerprint density at radius 2 is 1.70 bits per heavy atom. The maximum absolute atomic E-state index is 12.7. The largest absolute Gasteiger partial charge is 0.404 e. The Kier molecular flexibility index (Phi) is 7.89. The first-order valence-corrected chi connectivity index (χ1v) is 15.6. The molecule has 208 valence electrons. The maximum Gasteiger partial charge on any atom is 0.276 e. The molecule has 2 aromatic carbocycles. The van der Waals surface area contributed by atoms with Crippen molar-refractivity contribution in [2.24, 2.45) is 0 Å². The van der Waals surface area contributed by atoms with Crippen molar-refractivity contribution in [3.63, 3.8) is 0 Å². The molecule has 0 radical (unpaired) electrons. The predicted molar refractivity (Wildman–Crippen MR) is 161 cm³/mol. The van der Waals surface area contributed by atoms with E-state index in [0.717, 1.165) is 5.56 Å². The molecular formula is C31H36N4O4Si. The normalized spacial score (nSPS) is 17.4. The van der Waals surface area contributed by atoms with Crippen LogP contribution in [0.5, 0.6) is 0 Å². The van der Waals surface area contributed by atoms with Gasteiger partial charge in [-0.05, 0) is 21.8 Å². The predicted octanol–water partition coefficient (Wildman–Crippen LogP) is 4.56. The molecule has 40 heavy (non-hydrogen) atoms. The van der Waals surface area contributed by atoms with Crippen LogP contribution in [0.2, 0.25) is 5.04 Å². The number of rotatable bonds is 9. The fraction of sp³-hybridized carbons (Fsp3) is 0.323. The molecule has 0 aliphatic carbocycles. The summed E-state index contributed by atoms with van der Waals surface area (Å²) in [6, 6.07) is 21.0. The number of carbonyl (C=O) groups is 1. The van der Waals surface area contributed by atoms with Crippen LogP contribution in [0, 0.1) is 0 Å². The summed E-state index contributed by atoms with van der Waals surface area (Å²) in [6.45, 7) is 9.05. The van der Waals surface area contributed by atoms with E-state index in [1.165, 1.54) is 10.4 Å². The zero-order valence-electron chi connectivity index (χ0n) is 23.4. The van der Waals surface area contributed by atoms with Crippen LogP contribution < -0.4 is 21.2 Å². The number of aromatic nitrogens is 3. The summed E-state index contributed by atoms with van der Waals surface area (Å²) >= 11 is 0. The second kappa shape index (κ2) is 11.4. The molecule has 0 spiro atoms. The summed E-state index contributed by atoms with van der Waals surface area (Å²) < 4.78 is 13.5. The summed E-state index contributed by atoms with van der Waals surface area (Å²) in [5, 5.41) is 4.97. The zero-order chi connectivity index (χ0) is 28.3. The van der Waals surface area contributed by atoms with Gasteiger partial charge in [-0.25, -0.2) is 4.98 Å². The molecule has 3 heterocycles. The van der Waals surface area contributed by atoms with E-state index in [2.05, 4.69) is 89.6 Å². The third kappa shape index (κ3) is 5.32. The highest BCUT2D eigenvalue weighted by atomic mass is 28.4. The second-order valence-corrected chi connectivity index (χ2v) is 15.4. The number of nitrogens with one attached hydrogen (secondary N) is 3. The van der Waals surface area contributed by atoms with Crippen LogP contribution in [-0.4, -0.2) is 41.9 Å². The standard InChI is InChI=1S/C31H36N4O4Si/c1-5-12-26(36)33-30-34-27-24(19-32-28(27)29(37)35-30)25-18-17-21(39-25)20-38-40(31(2,3)4,22-13-8-6-9-14-22)23-15-10-7-11-16-23/h6-11,13-19,21,25,32H,5,12,20H2,1-4H3,(H2,33,34,35,36,37)/t21-,25+/m0/s1. The van der Waals surface area contributed by atoms with Crippen LogP contribution in [0.3, 0.4) is 0 Å². The average molecular weight is 557 g/mol. The van der Waals surface area contributed by atoms with Crippen molar-refractivity contribution in [3.05, 3.63) is 94.9 Å². The summed E-state index contributed by atoms with van der Waals surface area (Å²) in [6.07, 6.45) is 6.09. The van der Waals surface area contributed by atoms with Crippen LogP contribution in [-0.2, 0) is 14.0 Å². The van der Waals surface area contributed by atoms with E-state index >= 15 is 0 Å². The fourth-order valence-corrected chi connectivity index (χ4v) is 10.0. The van der Waals surface area contributed by atoms with Crippen molar-refractivity contribution in [3.8, 4) is 0 Å². The Bertz CT molecular complexity index is 1520. The van der Waals surface area contributed by atoms with Gasteiger partial charge in [0.2, 0.25) is 11.9 Å². The van der Waals surface area contributed by atoms with Gasteiger partial charge in [-0.3, -0.25) is 19.9 Å². The van der Waals surface area contributed by atoms with Gasteiger partial charge in [-0.1, -0.05) is 101 Å². The molecule has 5 rings (SSSR count). The third-order valence-electron chi connectivity index (χ3n) is 7.31. The van der Waals surface area contributed by atoms with Crippen molar-refractivity contribution in [1.29, 1.82) is 0 Å². The molecule has 0 fully saturated rings. The first-order chi connectivity index (χ1) is 19.2. The lowest BCUT2D eigenvalue weighted by molar-refractivity contribution is -0.116. The van der Waals surface area contributed by atoms with Gasteiger partial charge in [-0.2, -0.15) is 0 Å². The first-order valence-electron chi connectivity index (χ1n) is 13.7. The number of ether oxygens (including phenoxy) is 1. The number of fused-ring (bicyclic) bond motifs is 1. The molecule has 1 aliphatic rings. The van der Waals surface area contributed by atoms with Gasteiger partial charge < -0.3 is 14.1 Å². The number of amides is 1. The molecule has 0 saturated carbocycles. The van der Waals surface area contributed by atoms with Gasteiger partial charge in [0, 0.05) is 18.2 Å². The smallest absolute Gasteiger partial charge is 0.276 e. The average Bonchev–Trinajstić information content (AvgIpc) is 3.57. The molecule has 2 aromatic heterocycles. The summed E-state index contributed by atoms with van der Waals surface area (Å²) in [4.78, 5) is 34.9. The van der Waals surface area contributed by atoms with Crippen molar-refractivity contribution in [2.45, 2.75) is 57.8 Å². The van der Waals surface area contributed by atoms with E-state index in [4.69, 9.17) is 9.16 Å². The number of H-pyrrole nitrogens is 2. The number of hydrogen-bond donors (Lipinski definition) is 3. The van der Waals surface area contributed by atoms with E-state index in [1.54, 1.807) is 6.20 Å². The molecule has 9 heteroatoms. The second-order valence-electron chi connectivity index (χ2n) is 11.1. The van der Waals surface area contributed by atoms with Crippen LogP contribution in [0.4, 0.5) is 5.95 Å². The highest BCUT2D eigenvalue weighted by molar-refractivity contribution is 6.99. The summed E-state index contributed by atoms with van der Waals surface area (Å²) in [7, 11) is -2.70. The minimum absolute atomic E-state index is 0.130. The molecule has 1 aliphatic heterocycles. The van der Waals surface area contributed by atoms with Crippen molar-refractivity contribution in [1.82, 2.24) is 15.0 Å². The third-order valence-corrected chi connectivity index (χ3v) is 12.3. The van der Waals surface area contributed by atoms with Gasteiger partial charge in [0.15, 0.2) is 0 Å². The van der Waals surface area contributed by atoms with Gasteiger partial charge in [0.1, 0.15) is 17.1 Å². The molecular weight excluding hydrogens is 520 g/mol. The van der Waals surface area contributed by atoms with E-state index in [9.17, 15) is 9.59 Å². The summed E-state index contributed by atoms with van der Waals surface area (Å²) in [5.74, 6) is -0.0648. The molecule has 3 N–H and O–H groups in total. The van der Waals surface area contributed by atoms with E-state index in [1.807, 2.05) is 31.2 Å². The lowest BCUT2D eigenvalue weighted by Gasteiger charge is -2.43. The van der Waals surface area contributed by atoms with Crippen molar-refractivity contribution in [2.75, 3.05) is 11.9 Å². The van der Waals surface area contributed by atoms with Crippen LogP contribution in [0.25, 0.3) is 11.0 Å². The van der Waals surface area contributed by atoms with Crippen molar-refractivity contribution >= 4 is 41.6 Å².